The third-order valence-corrected chi connectivity index (χ3v) is 4.82. The van der Waals surface area contributed by atoms with Crippen LogP contribution in [0.4, 0.5) is 20.2 Å². The summed E-state index contributed by atoms with van der Waals surface area (Å²) in [5, 5.41) is 3.30. The fraction of sp³-hybridized carbons (Fsp3) is 0.0870. The lowest BCUT2D eigenvalue weighted by atomic mass is 10.0. The number of fused-ring (bicyclic) bond motifs is 1. The van der Waals surface area contributed by atoms with Gasteiger partial charge in [-0.1, -0.05) is 0 Å². The van der Waals surface area contributed by atoms with E-state index in [0.717, 1.165) is 12.1 Å². The van der Waals surface area contributed by atoms with Crippen LogP contribution >= 0.6 is 0 Å². The van der Waals surface area contributed by atoms with Gasteiger partial charge in [-0.15, -0.1) is 0 Å². The van der Waals surface area contributed by atoms with Crippen LogP contribution < -0.4 is 21.3 Å². The highest BCUT2D eigenvalue weighted by atomic mass is 19.1. The van der Waals surface area contributed by atoms with Crippen LogP contribution in [0.5, 0.6) is 5.75 Å². The average molecular weight is 436 g/mol. The van der Waals surface area contributed by atoms with E-state index >= 15 is 0 Å². The summed E-state index contributed by atoms with van der Waals surface area (Å²) < 4.78 is 33.4. The van der Waals surface area contributed by atoms with Crippen molar-refractivity contribution in [1.82, 2.24) is 9.97 Å². The van der Waals surface area contributed by atoms with E-state index in [0.29, 0.717) is 34.4 Å². The summed E-state index contributed by atoms with van der Waals surface area (Å²) >= 11 is 0. The van der Waals surface area contributed by atoms with Gasteiger partial charge in [-0.25, -0.2) is 8.78 Å². The number of hydrogen-bond donors (Lipinski definition) is 3. The molecule has 0 bridgehead atoms. The van der Waals surface area contributed by atoms with Crippen molar-refractivity contribution in [2.45, 2.75) is 6.92 Å². The molecule has 7 nitrogen and oxygen atoms in total. The lowest BCUT2D eigenvalue weighted by Gasteiger charge is -2.17. The summed E-state index contributed by atoms with van der Waals surface area (Å²) in [6.07, 6.45) is 2.81. The Labute approximate surface area is 180 Å². The maximum atomic E-state index is 14.3. The molecule has 2 aromatic heterocycles. The zero-order valence-electron chi connectivity index (χ0n) is 16.9. The molecule has 0 spiro atoms. The molecular formula is C23H18F2N4O3. The van der Waals surface area contributed by atoms with Gasteiger partial charge in [-0.05, 0) is 31.2 Å². The van der Waals surface area contributed by atoms with Gasteiger partial charge in [0.2, 0.25) is 5.56 Å². The lowest BCUT2D eigenvalue weighted by molar-refractivity contribution is 0.100. The lowest BCUT2D eigenvalue weighted by Crippen LogP contribution is -2.14. The number of nitrogens with zero attached hydrogens (tertiary/aromatic N) is 1. The molecule has 0 aliphatic carbocycles. The molecule has 32 heavy (non-hydrogen) atoms. The van der Waals surface area contributed by atoms with Crippen LogP contribution in [-0.4, -0.2) is 22.5 Å². The summed E-state index contributed by atoms with van der Waals surface area (Å²) in [4.78, 5) is 30.5. The molecule has 0 saturated heterocycles. The van der Waals surface area contributed by atoms with Gasteiger partial charge in [-0.2, -0.15) is 0 Å². The Morgan fingerprint density at radius 2 is 2.00 bits per heavy atom. The van der Waals surface area contributed by atoms with Crippen molar-refractivity contribution in [3.05, 3.63) is 82.4 Å². The van der Waals surface area contributed by atoms with Crippen LogP contribution in [0, 0.1) is 11.6 Å². The summed E-state index contributed by atoms with van der Waals surface area (Å²) in [5.74, 6) is -1.84. The molecule has 2 aromatic carbocycles. The van der Waals surface area contributed by atoms with E-state index in [9.17, 15) is 18.4 Å². The van der Waals surface area contributed by atoms with Gasteiger partial charge in [0, 0.05) is 47.1 Å². The first-order valence-electron chi connectivity index (χ1n) is 9.68. The second-order valence-corrected chi connectivity index (χ2v) is 6.90. The number of halogens is 2. The van der Waals surface area contributed by atoms with Crippen molar-refractivity contribution in [2.24, 2.45) is 5.73 Å². The van der Waals surface area contributed by atoms with Gasteiger partial charge < -0.3 is 20.8 Å². The number of aromatic nitrogens is 2. The Bertz CT molecular complexity index is 1380. The third kappa shape index (κ3) is 4.00. The fourth-order valence-electron chi connectivity index (χ4n) is 3.35. The predicted octanol–water partition coefficient (Wildman–Crippen LogP) is 4.11. The number of amides is 1. The van der Waals surface area contributed by atoms with Gasteiger partial charge in [0.1, 0.15) is 17.4 Å². The number of aromatic amines is 1. The minimum absolute atomic E-state index is 0.0257. The monoisotopic (exact) mass is 436 g/mol. The molecule has 0 atom stereocenters. The summed E-state index contributed by atoms with van der Waals surface area (Å²) in [6, 6.07) is 9.43. The first kappa shape index (κ1) is 21.0. The predicted molar refractivity (Wildman–Crippen MR) is 117 cm³/mol. The van der Waals surface area contributed by atoms with Crippen molar-refractivity contribution >= 4 is 28.2 Å². The number of nitrogens with two attached hydrogens (primary N) is 1. The van der Waals surface area contributed by atoms with E-state index in [1.165, 1.54) is 24.5 Å². The number of carbonyl (C=O) groups excluding carboxylic acids is 1. The van der Waals surface area contributed by atoms with Crippen molar-refractivity contribution in [1.29, 1.82) is 0 Å². The summed E-state index contributed by atoms with van der Waals surface area (Å²) in [5.41, 5.74) is 7.18. The smallest absolute Gasteiger partial charge is 0.252 e. The number of primary amides is 1. The van der Waals surface area contributed by atoms with Crippen LogP contribution in [0.1, 0.15) is 17.3 Å². The van der Waals surface area contributed by atoms with Gasteiger partial charge in [-0.3, -0.25) is 14.6 Å². The van der Waals surface area contributed by atoms with Crippen molar-refractivity contribution in [2.75, 3.05) is 11.9 Å². The van der Waals surface area contributed by atoms with E-state index in [2.05, 4.69) is 15.3 Å². The first-order chi connectivity index (χ1) is 15.4. The topological polar surface area (TPSA) is 110 Å². The van der Waals surface area contributed by atoms with Crippen LogP contribution in [0.2, 0.25) is 0 Å². The minimum Gasteiger partial charge on any atom is -0.493 e. The van der Waals surface area contributed by atoms with Crippen molar-refractivity contribution in [3.8, 4) is 16.9 Å². The first-order valence-corrected chi connectivity index (χ1v) is 9.68. The van der Waals surface area contributed by atoms with E-state index in [4.69, 9.17) is 10.5 Å². The SMILES string of the molecule is CCOc1cc2ncc(C(N)=O)c(Nc3ccc(F)cc3F)c2cc1-c1ccc(=O)[nH]c1. The second kappa shape index (κ2) is 8.46. The third-order valence-electron chi connectivity index (χ3n) is 4.82. The van der Waals surface area contributed by atoms with Gasteiger partial charge >= 0.3 is 0 Å². The number of rotatable bonds is 6. The number of nitrogens with one attached hydrogen (secondary N) is 2. The average Bonchev–Trinajstić information content (AvgIpc) is 2.76. The van der Waals surface area contributed by atoms with Crippen LogP contribution in [-0.2, 0) is 0 Å². The number of carbonyl (C=O) groups is 1. The molecule has 4 aromatic rings. The number of anilines is 2. The zero-order chi connectivity index (χ0) is 22.8. The molecule has 1 amide bonds. The quantitative estimate of drug-likeness (QED) is 0.421. The Hall–Kier alpha value is -4.27. The Balaban J connectivity index is 1.98. The molecule has 4 N–H and O–H groups in total. The molecule has 0 saturated carbocycles. The molecule has 9 heteroatoms. The fourth-order valence-corrected chi connectivity index (χ4v) is 3.35. The summed E-state index contributed by atoms with van der Waals surface area (Å²) in [7, 11) is 0. The van der Waals surface area contributed by atoms with Crippen LogP contribution in [0.25, 0.3) is 22.0 Å². The van der Waals surface area contributed by atoms with E-state index < -0.39 is 17.5 Å². The molecular weight excluding hydrogens is 418 g/mol. The maximum absolute atomic E-state index is 14.3. The van der Waals surface area contributed by atoms with E-state index in [1.807, 2.05) is 6.92 Å². The number of pyridine rings is 2. The minimum atomic E-state index is -0.836. The Kier molecular flexibility index (Phi) is 5.55. The number of H-pyrrole nitrogens is 1. The molecule has 4 rings (SSSR count). The number of hydrogen-bond acceptors (Lipinski definition) is 5. The maximum Gasteiger partial charge on any atom is 0.252 e. The molecule has 0 aliphatic heterocycles. The highest BCUT2D eigenvalue weighted by Crippen LogP contribution is 2.38. The molecule has 0 radical (unpaired) electrons. The Morgan fingerprint density at radius 3 is 2.66 bits per heavy atom. The van der Waals surface area contributed by atoms with Gasteiger partial charge in [0.15, 0.2) is 0 Å². The van der Waals surface area contributed by atoms with Gasteiger partial charge in [0.05, 0.1) is 29.1 Å². The molecule has 162 valence electrons. The molecule has 0 fully saturated rings. The summed E-state index contributed by atoms with van der Waals surface area (Å²) in [6.45, 7) is 2.21. The van der Waals surface area contributed by atoms with Crippen LogP contribution in [0.3, 0.4) is 0 Å². The Morgan fingerprint density at radius 1 is 1.19 bits per heavy atom. The normalized spacial score (nSPS) is 10.8. The molecule has 0 aliphatic rings. The standard InChI is InChI=1S/C23H18F2N4O3/c1-2-32-20-9-19-15(8-14(20)12-3-6-21(30)28-10-12)22(16(11-27-19)23(26)31)29-18-5-4-13(24)7-17(18)25/h3-11H,2H2,1H3,(H2,26,31)(H,27,29)(H,28,30). The molecule has 0 unspecified atom stereocenters. The van der Waals surface area contributed by atoms with Crippen molar-refractivity contribution < 1.29 is 18.3 Å². The second-order valence-electron chi connectivity index (χ2n) is 6.90. The van der Waals surface area contributed by atoms with Gasteiger partial charge in [0.25, 0.3) is 5.91 Å². The molecule has 2 heterocycles. The highest BCUT2D eigenvalue weighted by molar-refractivity contribution is 6.08. The van der Waals surface area contributed by atoms with Crippen LogP contribution in [0.15, 0.2) is 59.7 Å². The van der Waals surface area contributed by atoms with E-state index in [1.54, 1.807) is 18.2 Å². The largest absolute Gasteiger partial charge is 0.493 e. The van der Waals surface area contributed by atoms with E-state index in [-0.39, 0.29) is 22.5 Å². The number of ether oxygens (including phenoxy) is 1. The number of benzene rings is 2. The zero-order valence-corrected chi connectivity index (χ0v) is 16.9. The highest BCUT2D eigenvalue weighted by Gasteiger charge is 2.18. The van der Waals surface area contributed by atoms with Crippen molar-refractivity contribution in [3.63, 3.8) is 0 Å².